The quantitative estimate of drug-likeness (QED) is 0.582. The molecule has 1 atom stereocenters. The van der Waals surface area contributed by atoms with Gasteiger partial charge in [-0.05, 0) is 0 Å². The molecule has 0 aliphatic rings. The minimum absolute atomic E-state index is 0.0908. The van der Waals surface area contributed by atoms with Gasteiger partial charge in [0, 0.05) is 17.7 Å². The zero-order valence-electron chi connectivity index (χ0n) is 7.61. The van der Waals surface area contributed by atoms with E-state index in [1.807, 2.05) is 0 Å². The van der Waals surface area contributed by atoms with E-state index in [-0.39, 0.29) is 5.75 Å². The summed E-state index contributed by atoms with van der Waals surface area (Å²) in [7, 11) is 1.21. The molecule has 0 saturated heterocycles. The lowest BCUT2D eigenvalue weighted by Gasteiger charge is -2.12. The topological polar surface area (TPSA) is 9.23 Å². The molecule has 0 bridgehead atoms. The molecule has 0 aliphatic carbocycles. The van der Waals surface area contributed by atoms with Crippen LogP contribution in [0.2, 0.25) is 0 Å². The predicted octanol–water partition coefficient (Wildman–Crippen LogP) is 3.52. The van der Waals surface area contributed by atoms with Crippen molar-refractivity contribution in [3.8, 4) is 5.75 Å². The molecule has 84 valence electrons. The summed E-state index contributed by atoms with van der Waals surface area (Å²) in [5, 5.41) is -2.00. The van der Waals surface area contributed by atoms with E-state index in [1.165, 1.54) is 7.11 Å². The van der Waals surface area contributed by atoms with Crippen LogP contribution in [-0.4, -0.2) is 13.5 Å². The molecule has 0 aromatic heterocycles. The van der Waals surface area contributed by atoms with Crippen LogP contribution in [0.25, 0.3) is 0 Å². The Balaban J connectivity index is 3.19. The molecular weight excluding hydrogens is 236 g/mol. The van der Waals surface area contributed by atoms with E-state index in [9.17, 15) is 17.6 Å². The van der Waals surface area contributed by atoms with E-state index in [0.717, 1.165) is 12.1 Å². The summed E-state index contributed by atoms with van der Waals surface area (Å²) in [4.78, 5) is 0. The summed E-state index contributed by atoms with van der Waals surface area (Å²) in [5.74, 6) is -2.38. The van der Waals surface area contributed by atoms with Crippen molar-refractivity contribution in [3.05, 3.63) is 29.3 Å². The van der Waals surface area contributed by atoms with Crippen molar-refractivity contribution in [1.29, 1.82) is 0 Å². The number of ether oxygens (including phenoxy) is 1. The van der Waals surface area contributed by atoms with E-state index >= 15 is 0 Å². The van der Waals surface area contributed by atoms with Crippen molar-refractivity contribution >= 4 is 11.6 Å². The smallest absolute Gasteiger partial charge is 0.259 e. The third-order valence-corrected chi connectivity index (χ3v) is 2.19. The largest absolute Gasteiger partial charge is 0.497 e. The molecule has 0 aliphatic heterocycles. The minimum Gasteiger partial charge on any atom is -0.497 e. The first-order valence-electron chi connectivity index (χ1n) is 3.92. The fourth-order valence-electron chi connectivity index (χ4n) is 1.07. The van der Waals surface area contributed by atoms with Crippen molar-refractivity contribution in [2.75, 3.05) is 7.11 Å². The van der Waals surface area contributed by atoms with Crippen LogP contribution in [0.4, 0.5) is 17.6 Å². The van der Waals surface area contributed by atoms with Gasteiger partial charge in [0.25, 0.3) is 6.43 Å². The number of methoxy groups -OCH3 is 1. The van der Waals surface area contributed by atoms with Crippen molar-refractivity contribution in [2.24, 2.45) is 0 Å². The van der Waals surface area contributed by atoms with E-state index in [4.69, 9.17) is 11.6 Å². The van der Waals surface area contributed by atoms with Gasteiger partial charge in [0.15, 0.2) is 0 Å². The standard InChI is InChI=1S/C9H7ClF4O/c1-15-4-2-5(11)7(6(12)3-4)8(10)9(13)14/h2-3,8-9H,1H3. The molecule has 0 spiro atoms. The van der Waals surface area contributed by atoms with Crippen molar-refractivity contribution < 1.29 is 22.3 Å². The average molecular weight is 243 g/mol. The van der Waals surface area contributed by atoms with Crippen LogP contribution in [0.15, 0.2) is 12.1 Å². The highest BCUT2D eigenvalue weighted by atomic mass is 35.5. The van der Waals surface area contributed by atoms with Gasteiger partial charge in [-0.3, -0.25) is 0 Å². The molecule has 15 heavy (non-hydrogen) atoms. The number of alkyl halides is 3. The number of rotatable bonds is 3. The monoisotopic (exact) mass is 242 g/mol. The van der Waals surface area contributed by atoms with Gasteiger partial charge >= 0.3 is 0 Å². The third kappa shape index (κ3) is 2.53. The van der Waals surface area contributed by atoms with Gasteiger partial charge in [0.2, 0.25) is 0 Å². The van der Waals surface area contributed by atoms with Gasteiger partial charge in [-0.2, -0.15) is 0 Å². The molecule has 1 aromatic rings. The summed E-state index contributed by atoms with van der Waals surface area (Å²) >= 11 is 5.18. The highest BCUT2D eigenvalue weighted by molar-refractivity contribution is 6.21. The number of hydrogen-bond acceptors (Lipinski definition) is 1. The second-order valence-corrected chi connectivity index (χ2v) is 3.21. The van der Waals surface area contributed by atoms with E-state index < -0.39 is 29.0 Å². The summed E-state index contributed by atoms with van der Waals surface area (Å²) in [6, 6.07) is 1.60. The van der Waals surface area contributed by atoms with Gasteiger partial charge in [-0.1, -0.05) is 0 Å². The molecule has 1 unspecified atom stereocenters. The lowest BCUT2D eigenvalue weighted by atomic mass is 10.1. The van der Waals surface area contributed by atoms with Gasteiger partial charge < -0.3 is 4.74 Å². The van der Waals surface area contributed by atoms with E-state index in [0.29, 0.717) is 0 Å². The molecular formula is C9H7ClF4O. The zero-order chi connectivity index (χ0) is 11.6. The molecule has 1 rings (SSSR count). The zero-order valence-corrected chi connectivity index (χ0v) is 8.36. The van der Waals surface area contributed by atoms with Gasteiger partial charge in [0.05, 0.1) is 7.11 Å². The van der Waals surface area contributed by atoms with E-state index in [1.54, 1.807) is 0 Å². The van der Waals surface area contributed by atoms with Crippen molar-refractivity contribution in [3.63, 3.8) is 0 Å². The van der Waals surface area contributed by atoms with Gasteiger partial charge in [0.1, 0.15) is 22.8 Å². The Hall–Kier alpha value is -0.970. The maximum atomic E-state index is 13.2. The van der Waals surface area contributed by atoms with Crippen LogP contribution >= 0.6 is 11.6 Å². The number of hydrogen-bond donors (Lipinski definition) is 0. The maximum absolute atomic E-state index is 13.2. The van der Waals surface area contributed by atoms with Crippen LogP contribution in [0, 0.1) is 11.6 Å². The van der Waals surface area contributed by atoms with E-state index in [2.05, 4.69) is 4.74 Å². The molecule has 0 amide bonds. The van der Waals surface area contributed by atoms with Crippen molar-refractivity contribution in [2.45, 2.75) is 11.8 Å². The molecule has 0 N–H and O–H groups in total. The molecule has 0 fully saturated rings. The van der Waals surface area contributed by atoms with Gasteiger partial charge in [-0.25, -0.2) is 17.6 Å². The Bertz CT molecular complexity index is 333. The lowest BCUT2D eigenvalue weighted by Crippen LogP contribution is -2.07. The maximum Gasteiger partial charge on any atom is 0.259 e. The van der Waals surface area contributed by atoms with Crippen LogP contribution < -0.4 is 4.74 Å². The third-order valence-electron chi connectivity index (χ3n) is 1.79. The molecule has 1 aromatic carbocycles. The highest BCUT2D eigenvalue weighted by Crippen LogP contribution is 2.33. The fourth-order valence-corrected chi connectivity index (χ4v) is 1.28. The fraction of sp³-hybridized carbons (Fsp3) is 0.333. The van der Waals surface area contributed by atoms with Crippen LogP contribution in [0.1, 0.15) is 10.9 Å². The van der Waals surface area contributed by atoms with Crippen molar-refractivity contribution in [1.82, 2.24) is 0 Å². The van der Waals surface area contributed by atoms with Crippen LogP contribution in [0.5, 0.6) is 5.75 Å². The molecule has 0 heterocycles. The average Bonchev–Trinajstić information content (AvgIpc) is 2.16. The normalized spacial score (nSPS) is 13.0. The first-order chi connectivity index (χ1) is 6.97. The molecule has 6 heteroatoms. The van der Waals surface area contributed by atoms with Crippen LogP contribution in [-0.2, 0) is 0 Å². The molecule has 1 nitrogen and oxygen atoms in total. The first-order valence-corrected chi connectivity index (χ1v) is 4.36. The predicted molar refractivity (Wildman–Crippen MR) is 47.5 cm³/mol. The number of benzene rings is 1. The minimum atomic E-state index is -3.04. The SMILES string of the molecule is COc1cc(F)c(C(Cl)C(F)F)c(F)c1. The Labute approximate surface area is 88.6 Å². The summed E-state index contributed by atoms with van der Waals surface area (Å²) in [5.41, 5.74) is -0.840. The molecule has 0 radical (unpaired) electrons. The lowest BCUT2D eigenvalue weighted by molar-refractivity contribution is 0.140. The Kier molecular flexibility index (Phi) is 3.79. The second kappa shape index (κ2) is 4.70. The van der Waals surface area contributed by atoms with Gasteiger partial charge in [-0.15, -0.1) is 11.6 Å². The summed E-state index contributed by atoms with van der Waals surface area (Å²) < 4.78 is 55.2. The molecule has 0 saturated carbocycles. The highest BCUT2D eigenvalue weighted by Gasteiger charge is 2.27. The number of halogens is 5. The summed E-state index contributed by atoms with van der Waals surface area (Å²) in [6.45, 7) is 0. The Morgan fingerprint density at radius 1 is 1.20 bits per heavy atom. The summed E-state index contributed by atoms with van der Waals surface area (Å²) in [6.07, 6.45) is -3.04. The Morgan fingerprint density at radius 2 is 1.67 bits per heavy atom. The Morgan fingerprint density at radius 3 is 2.00 bits per heavy atom. The van der Waals surface area contributed by atoms with Crippen LogP contribution in [0.3, 0.4) is 0 Å². The second-order valence-electron chi connectivity index (χ2n) is 2.74. The first kappa shape index (κ1) is 12.1.